The van der Waals surface area contributed by atoms with Crippen molar-refractivity contribution in [3.63, 3.8) is 0 Å². The van der Waals surface area contributed by atoms with Gasteiger partial charge >= 0.3 is 0 Å². The van der Waals surface area contributed by atoms with Crippen molar-refractivity contribution in [3.8, 4) is 0 Å². The zero-order valence-corrected chi connectivity index (χ0v) is 10.3. The van der Waals surface area contributed by atoms with Crippen LogP contribution in [0.5, 0.6) is 0 Å². The van der Waals surface area contributed by atoms with Crippen molar-refractivity contribution in [3.05, 3.63) is 16.6 Å². The van der Waals surface area contributed by atoms with E-state index in [2.05, 4.69) is 38.0 Å². The standard InChI is InChI=1S/C11H20N2S/c1-8(2)9(3)5-13-10(4)11-6-12-7-14-11/h6-10,13H,5H2,1-4H3. The first-order valence-corrected chi connectivity index (χ1v) is 6.11. The van der Waals surface area contributed by atoms with Crippen LogP contribution in [0.2, 0.25) is 0 Å². The van der Waals surface area contributed by atoms with Crippen molar-refractivity contribution in [1.82, 2.24) is 10.3 Å². The summed E-state index contributed by atoms with van der Waals surface area (Å²) in [7, 11) is 0. The number of thiazole rings is 1. The molecular formula is C11H20N2S. The smallest absolute Gasteiger partial charge is 0.0794 e. The minimum absolute atomic E-state index is 0.434. The lowest BCUT2D eigenvalue weighted by atomic mass is 9.98. The summed E-state index contributed by atoms with van der Waals surface area (Å²) >= 11 is 1.72. The molecule has 0 fully saturated rings. The van der Waals surface area contributed by atoms with E-state index in [1.807, 2.05) is 11.7 Å². The van der Waals surface area contributed by atoms with Gasteiger partial charge in [0.1, 0.15) is 0 Å². The lowest BCUT2D eigenvalue weighted by molar-refractivity contribution is 0.377. The van der Waals surface area contributed by atoms with Gasteiger partial charge in [-0.2, -0.15) is 0 Å². The lowest BCUT2D eigenvalue weighted by Gasteiger charge is -2.19. The predicted molar refractivity (Wildman–Crippen MR) is 62.5 cm³/mol. The highest BCUT2D eigenvalue weighted by Gasteiger charge is 2.10. The minimum Gasteiger partial charge on any atom is -0.309 e. The minimum atomic E-state index is 0.434. The Balaban J connectivity index is 2.32. The molecular weight excluding hydrogens is 192 g/mol. The molecule has 0 saturated heterocycles. The van der Waals surface area contributed by atoms with Crippen molar-refractivity contribution in [2.75, 3.05) is 6.54 Å². The molecule has 0 aliphatic rings. The molecule has 1 N–H and O–H groups in total. The van der Waals surface area contributed by atoms with E-state index in [0.717, 1.165) is 18.4 Å². The lowest BCUT2D eigenvalue weighted by Crippen LogP contribution is -2.26. The highest BCUT2D eigenvalue weighted by Crippen LogP contribution is 2.17. The Hall–Kier alpha value is -0.410. The maximum absolute atomic E-state index is 4.08. The molecule has 0 aromatic carbocycles. The molecule has 1 aromatic heterocycles. The SMILES string of the molecule is CC(NCC(C)C(C)C)c1cncs1. The van der Waals surface area contributed by atoms with Crippen LogP contribution in [-0.2, 0) is 0 Å². The summed E-state index contributed by atoms with van der Waals surface area (Å²) in [6.45, 7) is 10.1. The van der Waals surface area contributed by atoms with Crippen LogP contribution in [0.25, 0.3) is 0 Å². The quantitative estimate of drug-likeness (QED) is 0.811. The van der Waals surface area contributed by atoms with Crippen LogP contribution in [0.1, 0.15) is 38.6 Å². The van der Waals surface area contributed by atoms with E-state index in [1.54, 1.807) is 11.3 Å². The van der Waals surface area contributed by atoms with E-state index in [0.29, 0.717) is 6.04 Å². The number of nitrogens with zero attached hydrogens (tertiary/aromatic N) is 1. The molecule has 2 unspecified atom stereocenters. The molecule has 1 aromatic rings. The monoisotopic (exact) mass is 212 g/mol. The molecule has 0 aliphatic carbocycles. The molecule has 1 rings (SSSR count). The third-order valence-electron chi connectivity index (χ3n) is 2.76. The van der Waals surface area contributed by atoms with E-state index in [1.165, 1.54) is 4.88 Å². The number of hydrogen-bond acceptors (Lipinski definition) is 3. The number of aromatic nitrogens is 1. The Labute approximate surface area is 90.8 Å². The maximum atomic E-state index is 4.08. The van der Waals surface area contributed by atoms with Gasteiger partial charge in [-0.15, -0.1) is 11.3 Å². The largest absolute Gasteiger partial charge is 0.309 e. The summed E-state index contributed by atoms with van der Waals surface area (Å²) in [4.78, 5) is 5.40. The van der Waals surface area contributed by atoms with Gasteiger partial charge in [-0.3, -0.25) is 4.98 Å². The maximum Gasteiger partial charge on any atom is 0.0794 e. The van der Waals surface area contributed by atoms with Gasteiger partial charge in [0.05, 0.1) is 5.51 Å². The van der Waals surface area contributed by atoms with Crippen LogP contribution < -0.4 is 5.32 Å². The van der Waals surface area contributed by atoms with E-state index >= 15 is 0 Å². The van der Waals surface area contributed by atoms with Crippen LogP contribution in [0.15, 0.2) is 11.7 Å². The molecule has 0 bridgehead atoms. The van der Waals surface area contributed by atoms with Gasteiger partial charge in [-0.05, 0) is 25.3 Å². The first kappa shape index (κ1) is 11.7. The van der Waals surface area contributed by atoms with Gasteiger partial charge in [-0.1, -0.05) is 20.8 Å². The fraction of sp³-hybridized carbons (Fsp3) is 0.727. The molecule has 80 valence electrons. The van der Waals surface area contributed by atoms with Crippen molar-refractivity contribution in [2.24, 2.45) is 11.8 Å². The van der Waals surface area contributed by atoms with Gasteiger partial charge in [0, 0.05) is 17.1 Å². The third kappa shape index (κ3) is 3.39. The third-order valence-corrected chi connectivity index (χ3v) is 3.72. The van der Waals surface area contributed by atoms with Crippen molar-refractivity contribution < 1.29 is 0 Å². The van der Waals surface area contributed by atoms with E-state index in [9.17, 15) is 0 Å². The Morgan fingerprint density at radius 3 is 2.57 bits per heavy atom. The molecule has 0 aliphatic heterocycles. The normalized spacial score (nSPS) is 15.8. The van der Waals surface area contributed by atoms with Crippen LogP contribution in [0.3, 0.4) is 0 Å². The molecule has 0 radical (unpaired) electrons. The van der Waals surface area contributed by atoms with Gasteiger partial charge < -0.3 is 5.32 Å². The molecule has 3 heteroatoms. The molecule has 0 amide bonds. The second-order valence-corrected chi connectivity index (χ2v) is 5.17. The first-order valence-electron chi connectivity index (χ1n) is 5.23. The predicted octanol–water partition coefficient (Wildman–Crippen LogP) is 3.09. The van der Waals surface area contributed by atoms with E-state index in [4.69, 9.17) is 0 Å². The molecule has 2 nitrogen and oxygen atoms in total. The van der Waals surface area contributed by atoms with Crippen molar-refractivity contribution in [1.29, 1.82) is 0 Å². The van der Waals surface area contributed by atoms with E-state index < -0.39 is 0 Å². The summed E-state index contributed by atoms with van der Waals surface area (Å²) in [6, 6.07) is 0.434. The number of nitrogens with one attached hydrogen (secondary N) is 1. The topological polar surface area (TPSA) is 24.9 Å². The summed E-state index contributed by atoms with van der Waals surface area (Å²) in [5.74, 6) is 1.47. The molecule has 1 heterocycles. The summed E-state index contributed by atoms with van der Waals surface area (Å²) in [5, 5.41) is 3.54. The Kier molecular flexibility index (Phi) is 4.55. The van der Waals surface area contributed by atoms with Gasteiger partial charge in [0.2, 0.25) is 0 Å². The van der Waals surface area contributed by atoms with Crippen molar-refractivity contribution >= 4 is 11.3 Å². The van der Waals surface area contributed by atoms with Crippen LogP contribution >= 0.6 is 11.3 Å². The average Bonchev–Trinajstić information content (AvgIpc) is 2.66. The number of hydrogen-bond donors (Lipinski definition) is 1. The molecule has 14 heavy (non-hydrogen) atoms. The fourth-order valence-corrected chi connectivity index (χ4v) is 1.79. The highest BCUT2D eigenvalue weighted by molar-refractivity contribution is 7.09. The van der Waals surface area contributed by atoms with Crippen molar-refractivity contribution in [2.45, 2.75) is 33.7 Å². The Bertz CT molecular complexity index is 244. The average molecular weight is 212 g/mol. The number of rotatable bonds is 5. The fourth-order valence-electron chi connectivity index (χ4n) is 1.14. The summed E-state index contributed by atoms with van der Waals surface area (Å²) < 4.78 is 0. The van der Waals surface area contributed by atoms with E-state index in [-0.39, 0.29) is 0 Å². The van der Waals surface area contributed by atoms with Gasteiger partial charge in [0.25, 0.3) is 0 Å². The molecule has 2 atom stereocenters. The summed E-state index contributed by atoms with van der Waals surface area (Å²) in [5.41, 5.74) is 1.89. The Morgan fingerprint density at radius 1 is 1.36 bits per heavy atom. The van der Waals surface area contributed by atoms with Crippen LogP contribution in [0.4, 0.5) is 0 Å². The zero-order valence-electron chi connectivity index (χ0n) is 9.45. The Morgan fingerprint density at radius 2 is 2.07 bits per heavy atom. The van der Waals surface area contributed by atoms with Crippen LogP contribution in [0, 0.1) is 11.8 Å². The molecule has 0 saturated carbocycles. The van der Waals surface area contributed by atoms with Gasteiger partial charge in [0.15, 0.2) is 0 Å². The zero-order chi connectivity index (χ0) is 10.6. The second-order valence-electron chi connectivity index (χ2n) is 4.26. The highest BCUT2D eigenvalue weighted by atomic mass is 32.1. The second kappa shape index (κ2) is 5.47. The van der Waals surface area contributed by atoms with Gasteiger partial charge in [-0.25, -0.2) is 0 Å². The molecule has 0 spiro atoms. The summed E-state index contributed by atoms with van der Waals surface area (Å²) in [6.07, 6.45) is 1.95. The van der Waals surface area contributed by atoms with Crippen LogP contribution in [-0.4, -0.2) is 11.5 Å². The first-order chi connectivity index (χ1) is 6.61.